The van der Waals surface area contributed by atoms with Crippen LogP contribution in [-0.2, 0) is 13.0 Å². The fourth-order valence-electron chi connectivity index (χ4n) is 1.81. The van der Waals surface area contributed by atoms with E-state index in [4.69, 9.17) is 0 Å². The molecule has 1 N–H and O–H groups in total. The first-order valence-corrected chi connectivity index (χ1v) is 7.61. The molecule has 92 valence electrons. The summed E-state index contributed by atoms with van der Waals surface area (Å²) in [6.07, 6.45) is 5.08. The molecule has 1 unspecified atom stereocenters. The summed E-state index contributed by atoms with van der Waals surface area (Å²) >= 11 is 4.16. The van der Waals surface area contributed by atoms with Gasteiger partial charge in [-0.05, 0) is 65.6 Å². The fraction of sp³-hybridized carbons (Fsp3) is 0.417. The van der Waals surface area contributed by atoms with Crippen LogP contribution in [0.4, 0.5) is 0 Å². The average Bonchev–Trinajstić information content (AvgIpc) is 2.94. The van der Waals surface area contributed by atoms with E-state index in [-0.39, 0.29) is 0 Å². The summed E-state index contributed by atoms with van der Waals surface area (Å²) in [5.74, 6) is 0. The normalized spacial score (nSPS) is 12.9. The third-order valence-electron chi connectivity index (χ3n) is 2.79. The molecule has 2 heterocycles. The molecule has 2 aromatic rings. The molecule has 0 saturated carbocycles. The second kappa shape index (κ2) is 5.97. The zero-order valence-electron chi connectivity index (χ0n) is 9.98. The second-order valence-corrected chi connectivity index (χ2v) is 6.74. The topological polar surface area (TPSA) is 29.9 Å². The molecule has 0 fully saturated rings. The minimum Gasteiger partial charge on any atom is -0.313 e. The van der Waals surface area contributed by atoms with Gasteiger partial charge in [-0.2, -0.15) is 5.10 Å². The first-order chi connectivity index (χ1) is 8.22. The Bertz CT molecular complexity index is 478. The monoisotopic (exact) mass is 361 g/mol. The standard InChI is InChI=1S/C12H16IN3S/c1-3-16-7-9(6-15-16)4-11(14-2)10-5-12(13)17-8-10/h5-8,11,14H,3-4H2,1-2H3. The Hall–Kier alpha value is -0.400. The van der Waals surface area contributed by atoms with E-state index in [1.165, 1.54) is 14.0 Å². The van der Waals surface area contributed by atoms with E-state index < -0.39 is 0 Å². The van der Waals surface area contributed by atoms with Crippen molar-refractivity contribution in [1.82, 2.24) is 15.1 Å². The average molecular weight is 361 g/mol. The number of rotatable bonds is 5. The first kappa shape index (κ1) is 13.0. The van der Waals surface area contributed by atoms with Gasteiger partial charge in [0, 0.05) is 18.8 Å². The van der Waals surface area contributed by atoms with Crippen LogP contribution in [0, 0.1) is 2.88 Å². The lowest BCUT2D eigenvalue weighted by Gasteiger charge is -2.13. The molecule has 0 bridgehead atoms. The van der Waals surface area contributed by atoms with Gasteiger partial charge in [0.05, 0.1) is 9.08 Å². The molecule has 0 aliphatic heterocycles. The minimum atomic E-state index is 0.379. The van der Waals surface area contributed by atoms with E-state index in [2.05, 4.69) is 57.6 Å². The molecule has 0 aliphatic carbocycles. The molecule has 0 aromatic carbocycles. The lowest BCUT2D eigenvalue weighted by molar-refractivity contribution is 0.592. The number of halogens is 1. The van der Waals surface area contributed by atoms with Crippen LogP contribution >= 0.6 is 33.9 Å². The molecular formula is C12H16IN3S. The molecule has 2 rings (SSSR count). The van der Waals surface area contributed by atoms with Crippen LogP contribution in [-0.4, -0.2) is 16.8 Å². The lowest BCUT2D eigenvalue weighted by Crippen LogP contribution is -2.18. The maximum Gasteiger partial charge on any atom is 0.0656 e. The fourth-order valence-corrected chi connectivity index (χ4v) is 3.24. The summed E-state index contributed by atoms with van der Waals surface area (Å²) in [4.78, 5) is 0. The van der Waals surface area contributed by atoms with Crippen molar-refractivity contribution in [3.05, 3.63) is 37.9 Å². The zero-order valence-corrected chi connectivity index (χ0v) is 13.0. The van der Waals surface area contributed by atoms with Gasteiger partial charge < -0.3 is 5.32 Å². The zero-order chi connectivity index (χ0) is 12.3. The van der Waals surface area contributed by atoms with Crippen LogP contribution in [0.1, 0.15) is 24.1 Å². The SMILES string of the molecule is CCn1cc(CC(NC)c2csc(I)c2)cn1. The number of hydrogen-bond acceptors (Lipinski definition) is 3. The Morgan fingerprint density at radius 1 is 1.59 bits per heavy atom. The summed E-state index contributed by atoms with van der Waals surface area (Å²) in [5.41, 5.74) is 2.65. The number of nitrogens with zero attached hydrogens (tertiary/aromatic N) is 2. The van der Waals surface area contributed by atoms with Crippen molar-refractivity contribution in [2.24, 2.45) is 0 Å². The number of aryl methyl sites for hydroxylation is 1. The van der Waals surface area contributed by atoms with E-state index in [0.29, 0.717) is 6.04 Å². The Morgan fingerprint density at radius 3 is 2.94 bits per heavy atom. The van der Waals surface area contributed by atoms with Crippen molar-refractivity contribution in [3.8, 4) is 0 Å². The number of thiophene rings is 1. The molecule has 2 aromatic heterocycles. The van der Waals surface area contributed by atoms with E-state index in [9.17, 15) is 0 Å². The van der Waals surface area contributed by atoms with Crippen LogP contribution < -0.4 is 5.32 Å². The van der Waals surface area contributed by atoms with Gasteiger partial charge in [-0.1, -0.05) is 0 Å². The van der Waals surface area contributed by atoms with Crippen LogP contribution in [0.25, 0.3) is 0 Å². The molecule has 17 heavy (non-hydrogen) atoms. The summed E-state index contributed by atoms with van der Waals surface area (Å²) in [5, 5.41) is 9.91. The van der Waals surface area contributed by atoms with Crippen LogP contribution in [0.2, 0.25) is 0 Å². The van der Waals surface area contributed by atoms with Crippen LogP contribution in [0.15, 0.2) is 23.8 Å². The molecule has 0 saturated heterocycles. The van der Waals surface area contributed by atoms with Crippen molar-refractivity contribution in [1.29, 1.82) is 0 Å². The van der Waals surface area contributed by atoms with Crippen molar-refractivity contribution in [2.75, 3.05) is 7.05 Å². The Balaban J connectivity index is 2.09. The number of aromatic nitrogens is 2. The highest BCUT2D eigenvalue weighted by Crippen LogP contribution is 2.24. The second-order valence-electron chi connectivity index (χ2n) is 3.93. The van der Waals surface area contributed by atoms with E-state index >= 15 is 0 Å². The maximum atomic E-state index is 4.31. The third-order valence-corrected chi connectivity index (χ3v) is 4.60. The predicted octanol–water partition coefficient (Wildman–Crippen LogP) is 3.07. The quantitative estimate of drug-likeness (QED) is 0.830. The van der Waals surface area contributed by atoms with Gasteiger partial charge in [0.25, 0.3) is 0 Å². The Kier molecular flexibility index (Phi) is 4.58. The lowest BCUT2D eigenvalue weighted by atomic mass is 10.0. The molecule has 5 heteroatoms. The highest BCUT2D eigenvalue weighted by molar-refractivity contribution is 14.1. The van der Waals surface area contributed by atoms with Gasteiger partial charge in [0.15, 0.2) is 0 Å². The third kappa shape index (κ3) is 3.29. The van der Waals surface area contributed by atoms with Crippen molar-refractivity contribution >= 4 is 33.9 Å². The smallest absolute Gasteiger partial charge is 0.0656 e. The van der Waals surface area contributed by atoms with Gasteiger partial charge in [-0.25, -0.2) is 0 Å². The summed E-state index contributed by atoms with van der Waals surface area (Å²) in [6, 6.07) is 2.63. The van der Waals surface area contributed by atoms with E-state index in [1.54, 1.807) is 11.3 Å². The Labute approximate surface area is 119 Å². The minimum absolute atomic E-state index is 0.379. The summed E-state index contributed by atoms with van der Waals surface area (Å²) < 4.78 is 3.31. The first-order valence-electron chi connectivity index (χ1n) is 5.65. The molecular weight excluding hydrogens is 345 g/mol. The van der Waals surface area contributed by atoms with Crippen molar-refractivity contribution < 1.29 is 0 Å². The van der Waals surface area contributed by atoms with Gasteiger partial charge in [-0.3, -0.25) is 4.68 Å². The van der Waals surface area contributed by atoms with E-state index in [1.807, 2.05) is 17.9 Å². The number of likely N-dealkylation sites (N-methyl/N-ethyl adjacent to an activating group) is 1. The summed E-state index contributed by atoms with van der Waals surface area (Å²) in [7, 11) is 2.01. The highest BCUT2D eigenvalue weighted by Gasteiger charge is 2.12. The predicted molar refractivity (Wildman–Crippen MR) is 80.4 cm³/mol. The maximum absolute atomic E-state index is 4.31. The molecule has 3 nitrogen and oxygen atoms in total. The molecule has 0 aliphatic rings. The van der Waals surface area contributed by atoms with Crippen LogP contribution in [0.3, 0.4) is 0 Å². The number of nitrogens with one attached hydrogen (secondary N) is 1. The number of hydrogen-bond donors (Lipinski definition) is 1. The van der Waals surface area contributed by atoms with Gasteiger partial charge in [-0.15, -0.1) is 11.3 Å². The van der Waals surface area contributed by atoms with Crippen LogP contribution in [0.5, 0.6) is 0 Å². The molecule has 0 spiro atoms. The largest absolute Gasteiger partial charge is 0.313 e. The van der Waals surface area contributed by atoms with Gasteiger partial charge in [0.2, 0.25) is 0 Å². The van der Waals surface area contributed by atoms with Crippen molar-refractivity contribution in [3.63, 3.8) is 0 Å². The Morgan fingerprint density at radius 2 is 2.41 bits per heavy atom. The highest BCUT2D eigenvalue weighted by atomic mass is 127. The summed E-state index contributed by atoms with van der Waals surface area (Å²) in [6.45, 7) is 3.04. The van der Waals surface area contributed by atoms with E-state index in [0.717, 1.165) is 13.0 Å². The van der Waals surface area contributed by atoms with Gasteiger partial charge >= 0.3 is 0 Å². The molecule has 1 atom stereocenters. The molecule has 0 amide bonds. The van der Waals surface area contributed by atoms with Crippen molar-refractivity contribution in [2.45, 2.75) is 25.9 Å². The molecule has 0 radical (unpaired) electrons. The van der Waals surface area contributed by atoms with Gasteiger partial charge in [0.1, 0.15) is 0 Å².